The summed E-state index contributed by atoms with van der Waals surface area (Å²) in [7, 11) is -3.84. The molecule has 0 saturated carbocycles. The minimum Gasteiger partial charge on any atom is -0.280 e. The van der Waals surface area contributed by atoms with E-state index in [-0.39, 0.29) is 16.7 Å². The second-order valence-corrected chi connectivity index (χ2v) is 10.9. The second kappa shape index (κ2) is 8.66. The van der Waals surface area contributed by atoms with Crippen LogP contribution < -0.4 is 9.62 Å². The van der Waals surface area contributed by atoms with Gasteiger partial charge in [0.25, 0.3) is 10.0 Å². The standard InChI is InChI=1S/C25H21N3O4S2/c1-16-5-14-21-22(15-16)33-25(26-21)17-6-8-18(9-7-17)27-34(31,32)20-12-10-19(11-13-20)28-23(29)3-2-4-24(28)30/h5-15,27H,2-4H2,1H3. The molecule has 1 saturated heterocycles. The van der Waals surface area contributed by atoms with E-state index in [0.29, 0.717) is 30.6 Å². The van der Waals surface area contributed by atoms with Gasteiger partial charge in [-0.1, -0.05) is 6.07 Å². The van der Waals surface area contributed by atoms with Gasteiger partial charge < -0.3 is 0 Å². The molecule has 7 nitrogen and oxygen atoms in total. The molecule has 1 N–H and O–H groups in total. The van der Waals surface area contributed by atoms with E-state index in [4.69, 9.17) is 0 Å². The zero-order chi connectivity index (χ0) is 23.9. The number of anilines is 2. The number of rotatable bonds is 5. The highest BCUT2D eigenvalue weighted by Gasteiger charge is 2.27. The third kappa shape index (κ3) is 4.32. The first kappa shape index (κ1) is 22.2. The van der Waals surface area contributed by atoms with Crippen molar-refractivity contribution in [1.29, 1.82) is 0 Å². The second-order valence-electron chi connectivity index (χ2n) is 8.14. The van der Waals surface area contributed by atoms with Gasteiger partial charge in [-0.05, 0) is 79.6 Å². The fourth-order valence-electron chi connectivity index (χ4n) is 3.87. The van der Waals surface area contributed by atoms with Crippen LogP contribution >= 0.6 is 11.3 Å². The highest BCUT2D eigenvalue weighted by Crippen LogP contribution is 2.32. The minimum absolute atomic E-state index is 0.0405. The number of nitrogens with zero attached hydrogens (tertiary/aromatic N) is 2. The van der Waals surface area contributed by atoms with E-state index in [1.54, 1.807) is 23.5 Å². The normalized spacial score (nSPS) is 14.6. The average molecular weight is 492 g/mol. The minimum atomic E-state index is -3.84. The molecule has 3 aromatic carbocycles. The van der Waals surface area contributed by atoms with Crippen molar-refractivity contribution in [2.75, 3.05) is 9.62 Å². The smallest absolute Gasteiger partial charge is 0.261 e. The first-order valence-electron chi connectivity index (χ1n) is 10.8. The molecule has 5 rings (SSSR count). The molecule has 1 aromatic heterocycles. The molecule has 0 unspecified atom stereocenters. The maximum atomic E-state index is 12.9. The summed E-state index contributed by atoms with van der Waals surface area (Å²) >= 11 is 1.59. The predicted octanol–water partition coefficient (Wildman–Crippen LogP) is 5.12. The van der Waals surface area contributed by atoms with Crippen LogP contribution in [0.5, 0.6) is 0 Å². The van der Waals surface area contributed by atoms with Gasteiger partial charge in [0.05, 0.1) is 20.8 Å². The van der Waals surface area contributed by atoms with E-state index in [1.807, 2.05) is 31.2 Å². The molecule has 1 aliphatic rings. The summed E-state index contributed by atoms with van der Waals surface area (Å²) < 4.78 is 29.4. The fraction of sp³-hybridized carbons (Fsp3) is 0.160. The Morgan fingerprint density at radius 1 is 0.912 bits per heavy atom. The maximum absolute atomic E-state index is 12.9. The Balaban J connectivity index is 1.33. The summed E-state index contributed by atoms with van der Waals surface area (Å²) in [5, 5.41) is 0.868. The molecular weight excluding hydrogens is 470 g/mol. The predicted molar refractivity (Wildman–Crippen MR) is 133 cm³/mol. The number of hydrogen-bond acceptors (Lipinski definition) is 6. The van der Waals surface area contributed by atoms with Gasteiger partial charge in [-0.2, -0.15) is 0 Å². The highest BCUT2D eigenvalue weighted by atomic mass is 32.2. The third-order valence-corrected chi connectivity index (χ3v) is 8.08. The molecule has 4 aromatic rings. The van der Waals surface area contributed by atoms with Gasteiger partial charge >= 0.3 is 0 Å². The van der Waals surface area contributed by atoms with Crippen molar-refractivity contribution in [3.63, 3.8) is 0 Å². The van der Waals surface area contributed by atoms with Crippen LogP contribution in [0.3, 0.4) is 0 Å². The van der Waals surface area contributed by atoms with Gasteiger partial charge in [0.15, 0.2) is 0 Å². The number of aromatic nitrogens is 1. The number of amides is 2. The van der Waals surface area contributed by atoms with Gasteiger partial charge in [-0.15, -0.1) is 11.3 Å². The lowest BCUT2D eigenvalue weighted by atomic mass is 10.1. The Bertz CT molecular complexity index is 1490. The molecule has 1 aliphatic heterocycles. The third-order valence-electron chi connectivity index (χ3n) is 5.61. The van der Waals surface area contributed by atoms with Crippen LogP contribution in [-0.4, -0.2) is 25.2 Å². The van der Waals surface area contributed by atoms with Gasteiger partial charge in [-0.3, -0.25) is 19.2 Å². The zero-order valence-electron chi connectivity index (χ0n) is 18.3. The Kier molecular flexibility index (Phi) is 5.66. The Morgan fingerprint density at radius 3 is 2.26 bits per heavy atom. The number of aryl methyl sites for hydroxylation is 1. The van der Waals surface area contributed by atoms with Crippen molar-refractivity contribution >= 4 is 54.8 Å². The molecule has 0 aliphatic carbocycles. The molecule has 0 spiro atoms. The lowest BCUT2D eigenvalue weighted by Crippen LogP contribution is -2.40. The number of carbonyl (C=O) groups is 2. The van der Waals surface area contributed by atoms with Crippen molar-refractivity contribution in [2.24, 2.45) is 0 Å². The molecule has 2 heterocycles. The summed E-state index contributed by atoms with van der Waals surface area (Å²) in [6, 6.07) is 18.9. The monoisotopic (exact) mass is 491 g/mol. The van der Waals surface area contributed by atoms with Crippen molar-refractivity contribution in [3.8, 4) is 10.6 Å². The number of benzene rings is 3. The largest absolute Gasteiger partial charge is 0.280 e. The van der Waals surface area contributed by atoms with E-state index in [2.05, 4.69) is 15.8 Å². The van der Waals surface area contributed by atoms with Crippen molar-refractivity contribution in [1.82, 2.24) is 4.98 Å². The summed E-state index contributed by atoms with van der Waals surface area (Å²) in [5.74, 6) is -0.540. The number of carbonyl (C=O) groups excluding carboxylic acids is 2. The number of sulfonamides is 1. The Hall–Kier alpha value is -3.56. The number of imide groups is 1. The zero-order valence-corrected chi connectivity index (χ0v) is 19.9. The molecule has 0 bridgehead atoms. The van der Waals surface area contributed by atoms with Crippen LogP contribution in [0, 0.1) is 6.92 Å². The van der Waals surface area contributed by atoms with Crippen LogP contribution in [0.2, 0.25) is 0 Å². The maximum Gasteiger partial charge on any atom is 0.261 e. The van der Waals surface area contributed by atoms with Crippen molar-refractivity contribution in [2.45, 2.75) is 31.1 Å². The first-order valence-corrected chi connectivity index (χ1v) is 13.1. The molecule has 2 amide bonds. The van der Waals surface area contributed by atoms with E-state index in [1.165, 1.54) is 29.8 Å². The lowest BCUT2D eigenvalue weighted by molar-refractivity contribution is -0.129. The number of fused-ring (bicyclic) bond motifs is 1. The topological polar surface area (TPSA) is 96.4 Å². The van der Waals surface area contributed by atoms with Gasteiger partial charge in [0.1, 0.15) is 5.01 Å². The Labute approximate surface area is 201 Å². The number of nitrogens with one attached hydrogen (secondary N) is 1. The van der Waals surface area contributed by atoms with Crippen LogP contribution in [-0.2, 0) is 19.6 Å². The lowest BCUT2D eigenvalue weighted by Gasteiger charge is -2.24. The van der Waals surface area contributed by atoms with E-state index >= 15 is 0 Å². The van der Waals surface area contributed by atoms with Crippen LogP contribution in [0.4, 0.5) is 11.4 Å². The van der Waals surface area contributed by atoms with E-state index in [0.717, 1.165) is 25.7 Å². The number of piperidine rings is 1. The summed E-state index contributed by atoms with van der Waals surface area (Å²) in [4.78, 5) is 30.0. The molecule has 0 radical (unpaired) electrons. The van der Waals surface area contributed by atoms with E-state index < -0.39 is 10.0 Å². The quantitative estimate of drug-likeness (QED) is 0.391. The van der Waals surface area contributed by atoms with Crippen molar-refractivity contribution < 1.29 is 18.0 Å². The van der Waals surface area contributed by atoms with Crippen LogP contribution in [0.1, 0.15) is 24.8 Å². The molecular formula is C25H21N3O4S2. The summed E-state index contributed by atoms with van der Waals surface area (Å²) in [5.41, 5.74) is 3.82. The average Bonchev–Trinajstić information content (AvgIpc) is 3.23. The fourth-order valence-corrected chi connectivity index (χ4v) is 5.99. The number of hydrogen-bond donors (Lipinski definition) is 1. The van der Waals surface area contributed by atoms with Crippen LogP contribution in [0.15, 0.2) is 71.6 Å². The molecule has 172 valence electrons. The number of thiazole rings is 1. The Morgan fingerprint density at radius 2 is 1.59 bits per heavy atom. The SMILES string of the molecule is Cc1ccc2nc(-c3ccc(NS(=O)(=O)c4ccc(N5C(=O)CCCC5=O)cc4)cc3)sc2c1. The first-order chi connectivity index (χ1) is 16.3. The van der Waals surface area contributed by atoms with Gasteiger partial charge in [0.2, 0.25) is 11.8 Å². The van der Waals surface area contributed by atoms with Crippen LogP contribution in [0.25, 0.3) is 20.8 Å². The summed E-state index contributed by atoms with van der Waals surface area (Å²) in [6.45, 7) is 2.04. The molecule has 34 heavy (non-hydrogen) atoms. The van der Waals surface area contributed by atoms with Crippen molar-refractivity contribution in [3.05, 3.63) is 72.3 Å². The van der Waals surface area contributed by atoms with Gasteiger partial charge in [-0.25, -0.2) is 13.4 Å². The molecule has 1 fully saturated rings. The van der Waals surface area contributed by atoms with E-state index in [9.17, 15) is 18.0 Å². The molecule has 0 atom stereocenters. The molecule has 9 heteroatoms. The summed E-state index contributed by atoms with van der Waals surface area (Å²) in [6.07, 6.45) is 1.15. The van der Waals surface area contributed by atoms with Gasteiger partial charge in [0, 0.05) is 24.1 Å². The highest BCUT2D eigenvalue weighted by molar-refractivity contribution is 7.92.